The molecule has 8 nitrogen and oxygen atoms in total. The maximum Gasteiger partial charge on any atom is 0.274 e. The molecule has 2 aromatic carbocycles. The van der Waals surface area contributed by atoms with E-state index >= 15 is 0 Å². The molecule has 1 aliphatic rings. The van der Waals surface area contributed by atoms with Crippen LogP contribution in [0.4, 0.5) is 11.4 Å². The standard InChI is InChI=1S/C18H19N3O5S/c1-11-6-9-14(27(25,26)20-13-7-8-13)10-15(11)18(22)19-16-4-3-5-17(12(16)2)21(23)24/h3-6,9-10,13,20H,7-8H2,1-2H3,(H,19,22). The third kappa shape index (κ3) is 4.15. The number of carbonyl (C=O) groups is 1. The van der Waals surface area contributed by atoms with Gasteiger partial charge in [0.2, 0.25) is 10.0 Å². The number of nitro benzene ring substituents is 1. The zero-order chi connectivity index (χ0) is 19.8. The molecule has 0 atom stereocenters. The second kappa shape index (κ2) is 7.09. The fraction of sp³-hybridized carbons (Fsp3) is 0.278. The molecule has 0 heterocycles. The van der Waals surface area contributed by atoms with Crippen LogP contribution < -0.4 is 10.0 Å². The highest BCUT2D eigenvalue weighted by molar-refractivity contribution is 7.89. The third-order valence-electron chi connectivity index (χ3n) is 4.41. The van der Waals surface area contributed by atoms with Crippen LogP contribution in [0.2, 0.25) is 0 Å². The average molecular weight is 389 g/mol. The van der Waals surface area contributed by atoms with Gasteiger partial charge in [-0.15, -0.1) is 0 Å². The fourth-order valence-corrected chi connectivity index (χ4v) is 3.98. The first kappa shape index (κ1) is 19.0. The van der Waals surface area contributed by atoms with Crippen LogP contribution in [0.25, 0.3) is 0 Å². The monoisotopic (exact) mass is 389 g/mol. The number of nitrogens with one attached hydrogen (secondary N) is 2. The molecule has 1 amide bonds. The molecule has 0 bridgehead atoms. The zero-order valence-corrected chi connectivity index (χ0v) is 15.7. The quantitative estimate of drug-likeness (QED) is 0.582. The molecule has 3 rings (SSSR count). The van der Waals surface area contributed by atoms with Crippen LogP contribution in [-0.2, 0) is 10.0 Å². The second-order valence-electron chi connectivity index (χ2n) is 6.53. The van der Waals surface area contributed by atoms with Gasteiger partial charge in [0, 0.05) is 17.7 Å². The number of benzene rings is 2. The number of sulfonamides is 1. The molecule has 142 valence electrons. The topological polar surface area (TPSA) is 118 Å². The largest absolute Gasteiger partial charge is 0.321 e. The van der Waals surface area contributed by atoms with Gasteiger partial charge in [0.15, 0.2) is 0 Å². The molecule has 27 heavy (non-hydrogen) atoms. The van der Waals surface area contributed by atoms with Crippen LogP contribution in [0, 0.1) is 24.0 Å². The van der Waals surface area contributed by atoms with E-state index in [2.05, 4.69) is 10.0 Å². The van der Waals surface area contributed by atoms with Gasteiger partial charge in [-0.05, 0) is 50.5 Å². The van der Waals surface area contributed by atoms with E-state index in [1.165, 1.54) is 24.3 Å². The number of anilines is 1. The van der Waals surface area contributed by atoms with E-state index in [9.17, 15) is 23.3 Å². The van der Waals surface area contributed by atoms with Crippen molar-refractivity contribution >= 4 is 27.3 Å². The Labute approximate surface area is 156 Å². The molecule has 0 radical (unpaired) electrons. The van der Waals surface area contributed by atoms with Crippen LogP contribution in [0.15, 0.2) is 41.3 Å². The minimum Gasteiger partial charge on any atom is -0.321 e. The molecule has 2 aromatic rings. The Morgan fingerprint density at radius 3 is 2.52 bits per heavy atom. The van der Waals surface area contributed by atoms with Crippen LogP contribution >= 0.6 is 0 Å². The third-order valence-corrected chi connectivity index (χ3v) is 5.93. The number of rotatable bonds is 6. The van der Waals surface area contributed by atoms with E-state index in [-0.39, 0.29) is 22.2 Å². The highest BCUT2D eigenvalue weighted by atomic mass is 32.2. The number of nitro groups is 1. The molecule has 0 saturated heterocycles. The summed E-state index contributed by atoms with van der Waals surface area (Å²) < 4.78 is 27.3. The van der Waals surface area contributed by atoms with Crippen molar-refractivity contribution in [2.45, 2.75) is 37.6 Å². The van der Waals surface area contributed by atoms with Gasteiger partial charge in [-0.25, -0.2) is 13.1 Å². The molecule has 0 aliphatic heterocycles. The number of amides is 1. The maximum atomic E-state index is 12.7. The first-order valence-electron chi connectivity index (χ1n) is 8.37. The molecule has 1 fully saturated rings. The summed E-state index contributed by atoms with van der Waals surface area (Å²) in [5.41, 5.74) is 1.32. The predicted octanol–water partition coefficient (Wildman–Crippen LogP) is 2.90. The molecule has 0 unspecified atom stereocenters. The molecule has 0 spiro atoms. The fourth-order valence-electron chi connectivity index (χ4n) is 2.65. The number of hydrogen-bond acceptors (Lipinski definition) is 5. The Kier molecular flexibility index (Phi) is 4.99. The molecular weight excluding hydrogens is 370 g/mol. The van der Waals surface area contributed by atoms with Crippen molar-refractivity contribution in [2.24, 2.45) is 0 Å². The predicted molar refractivity (Wildman–Crippen MR) is 100 cm³/mol. The summed E-state index contributed by atoms with van der Waals surface area (Å²) in [6.07, 6.45) is 1.62. The highest BCUT2D eigenvalue weighted by Crippen LogP contribution is 2.27. The number of hydrogen-bond donors (Lipinski definition) is 2. The van der Waals surface area contributed by atoms with Crippen molar-refractivity contribution < 1.29 is 18.1 Å². The summed E-state index contributed by atoms with van der Waals surface area (Å²) in [6, 6.07) is 8.70. The van der Waals surface area contributed by atoms with Crippen LogP contribution in [0.3, 0.4) is 0 Å². The normalized spacial score (nSPS) is 14.0. The van der Waals surface area contributed by atoms with Crippen LogP contribution in [0.1, 0.15) is 34.3 Å². The van der Waals surface area contributed by atoms with E-state index in [1.807, 2.05) is 0 Å². The van der Waals surface area contributed by atoms with Gasteiger partial charge >= 0.3 is 0 Å². The average Bonchev–Trinajstić information content (AvgIpc) is 3.39. The lowest BCUT2D eigenvalue weighted by Crippen LogP contribution is -2.26. The van der Waals surface area contributed by atoms with Crippen molar-refractivity contribution in [2.75, 3.05) is 5.32 Å². The van der Waals surface area contributed by atoms with E-state index < -0.39 is 20.9 Å². The molecule has 2 N–H and O–H groups in total. The lowest BCUT2D eigenvalue weighted by atomic mass is 10.1. The lowest BCUT2D eigenvalue weighted by molar-refractivity contribution is -0.385. The molecule has 0 aromatic heterocycles. The van der Waals surface area contributed by atoms with Gasteiger partial charge in [0.25, 0.3) is 11.6 Å². The highest BCUT2D eigenvalue weighted by Gasteiger charge is 2.28. The first-order chi connectivity index (χ1) is 12.7. The number of carbonyl (C=O) groups excluding carboxylic acids is 1. The lowest BCUT2D eigenvalue weighted by Gasteiger charge is -2.12. The second-order valence-corrected chi connectivity index (χ2v) is 8.25. The van der Waals surface area contributed by atoms with Crippen molar-refractivity contribution in [3.05, 3.63) is 63.2 Å². The van der Waals surface area contributed by atoms with Crippen LogP contribution in [0.5, 0.6) is 0 Å². The van der Waals surface area contributed by atoms with Gasteiger partial charge in [0.1, 0.15) is 0 Å². The summed E-state index contributed by atoms with van der Waals surface area (Å²) >= 11 is 0. The summed E-state index contributed by atoms with van der Waals surface area (Å²) in [7, 11) is -3.69. The van der Waals surface area contributed by atoms with Gasteiger partial charge in [0.05, 0.1) is 21.1 Å². The Bertz CT molecular complexity index is 1030. The SMILES string of the molecule is Cc1ccc(S(=O)(=O)NC2CC2)cc1C(=O)Nc1cccc([N+](=O)[O-])c1C. The van der Waals surface area contributed by atoms with Gasteiger partial charge in [-0.2, -0.15) is 0 Å². The van der Waals surface area contributed by atoms with Crippen molar-refractivity contribution in [1.82, 2.24) is 4.72 Å². The maximum absolute atomic E-state index is 12.7. The van der Waals surface area contributed by atoms with Gasteiger partial charge in [-0.1, -0.05) is 12.1 Å². The van der Waals surface area contributed by atoms with Crippen molar-refractivity contribution in [1.29, 1.82) is 0 Å². The van der Waals surface area contributed by atoms with Gasteiger partial charge in [-0.3, -0.25) is 14.9 Å². The van der Waals surface area contributed by atoms with Crippen LogP contribution in [-0.4, -0.2) is 25.3 Å². The van der Waals surface area contributed by atoms with Gasteiger partial charge < -0.3 is 5.32 Å². The van der Waals surface area contributed by atoms with E-state index in [0.29, 0.717) is 16.8 Å². The minimum absolute atomic E-state index is 0.0147. The Hall–Kier alpha value is -2.78. The Morgan fingerprint density at radius 2 is 1.89 bits per heavy atom. The first-order valence-corrected chi connectivity index (χ1v) is 9.85. The Morgan fingerprint density at radius 1 is 1.19 bits per heavy atom. The molecule has 1 aliphatic carbocycles. The molecule has 1 saturated carbocycles. The minimum atomic E-state index is -3.69. The smallest absolute Gasteiger partial charge is 0.274 e. The zero-order valence-electron chi connectivity index (χ0n) is 14.9. The summed E-state index contributed by atoms with van der Waals surface area (Å²) in [4.78, 5) is 23.2. The van der Waals surface area contributed by atoms with E-state index in [4.69, 9.17) is 0 Å². The number of aryl methyl sites for hydroxylation is 1. The molecule has 9 heteroatoms. The molecular formula is C18H19N3O5S. The number of nitrogens with zero attached hydrogens (tertiary/aromatic N) is 1. The Balaban J connectivity index is 1.90. The summed E-state index contributed by atoms with van der Waals surface area (Å²) in [5.74, 6) is -0.528. The summed E-state index contributed by atoms with van der Waals surface area (Å²) in [5, 5.41) is 13.7. The van der Waals surface area contributed by atoms with Crippen molar-refractivity contribution in [3.63, 3.8) is 0 Å². The summed E-state index contributed by atoms with van der Waals surface area (Å²) in [6.45, 7) is 3.24. The van der Waals surface area contributed by atoms with Crippen molar-refractivity contribution in [3.8, 4) is 0 Å². The van der Waals surface area contributed by atoms with E-state index in [0.717, 1.165) is 12.8 Å². The van der Waals surface area contributed by atoms with E-state index in [1.54, 1.807) is 26.0 Å².